The van der Waals surface area contributed by atoms with Crippen LogP contribution < -0.4 is 4.74 Å². The van der Waals surface area contributed by atoms with Crippen LogP contribution in [-0.2, 0) is 13.2 Å². The van der Waals surface area contributed by atoms with Crippen molar-refractivity contribution in [2.75, 3.05) is 6.54 Å². The molecule has 0 aliphatic carbocycles. The summed E-state index contributed by atoms with van der Waals surface area (Å²) < 4.78 is 5.83. The van der Waals surface area contributed by atoms with Gasteiger partial charge in [0.1, 0.15) is 17.4 Å². The van der Waals surface area contributed by atoms with Gasteiger partial charge in [-0.05, 0) is 50.1 Å². The maximum absolute atomic E-state index is 12.9. The highest BCUT2D eigenvalue weighted by atomic mass is 32.1. The number of hydrogen-bond donors (Lipinski definition) is 0. The van der Waals surface area contributed by atoms with Gasteiger partial charge in [-0.15, -0.1) is 11.3 Å². The molecule has 3 aromatic rings. The second-order valence-corrected chi connectivity index (χ2v) is 7.87. The first-order chi connectivity index (χ1) is 13.5. The number of hydrogen-bond acceptors (Lipinski definition) is 4. The van der Waals surface area contributed by atoms with Crippen LogP contribution in [0, 0.1) is 13.8 Å². The summed E-state index contributed by atoms with van der Waals surface area (Å²) in [6, 6.07) is 15.7. The van der Waals surface area contributed by atoms with Crippen molar-refractivity contribution in [3.05, 3.63) is 81.3 Å². The Morgan fingerprint density at radius 3 is 2.61 bits per heavy atom. The summed E-state index contributed by atoms with van der Waals surface area (Å²) in [4.78, 5) is 19.4. The Morgan fingerprint density at radius 1 is 1.11 bits per heavy atom. The molecule has 1 heterocycles. The van der Waals surface area contributed by atoms with Gasteiger partial charge in [-0.3, -0.25) is 4.79 Å². The van der Waals surface area contributed by atoms with Gasteiger partial charge in [0, 0.05) is 17.5 Å². The molecule has 2 aromatic carbocycles. The smallest absolute Gasteiger partial charge is 0.254 e. The van der Waals surface area contributed by atoms with Gasteiger partial charge in [0.2, 0.25) is 0 Å². The third-order valence-electron chi connectivity index (χ3n) is 4.38. The van der Waals surface area contributed by atoms with Crippen molar-refractivity contribution in [1.82, 2.24) is 9.88 Å². The lowest BCUT2D eigenvalue weighted by molar-refractivity contribution is 0.0741. The Morgan fingerprint density at radius 2 is 1.89 bits per heavy atom. The van der Waals surface area contributed by atoms with Gasteiger partial charge in [-0.1, -0.05) is 36.8 Å². The number of nitrogens with zero attached hydrogens (tertiary/aromatic N) is 2. The van der Waals surface area contributed by atoms with Crippen molar-refractivity contribution < 1.29 is 9.53 Å². The molecule has 0 radical (unpaired) electrons. The molecule has 0 aliphatic heterocycles. The van der Waals surface area contributed by atoms with E-state index < -0.39 is 0 Å². The van der Waals surface area contributed by atoms with E-state index in [2.05, 4.69) is 11.9 Å². The molecule has 1 aromatic heterocycles. The zero-order valence-corrected chi connectivity index (χ0v) is 17.5. The quantitative estimate of drug-likeness (QED) is 0.514. The molecule has 0 atom stereocenters. The number of carbonyl (C=O) groups is 1. The highest BCUT2D eigenvalue weighted by Gasteiger charge is 2.17. The minimum atomic E-state index is 0.0485. The third kappa shape index (κ3) is 5.42. The highest BCUT2D eigenvalue weighted by Crippen LogP contribution is 2.18. The normalized spacial score (nSPS) is 10.7. The summed E-state index contributed by atoms with van der Waals surface area (Å²) in [5, 5.41) is 2.93. The zero-order valence-electron chi connectivity index (χ0n) is 16.6. The van der Waals surface area contributed by atoms with Gasteiger partial charge < -0.3 is 9.64 Å². The number of benzene rings is 2. The van der Waals surface area contributed by atoms with E-state index in [1.54, 1.807) is 11.3 Å². The molecule has 146 valence electrons. The van der Waals surface area contributed by atoms with Crippen LogP contribution in [0.4, 0.5) is 0 Å². The maximum Gasteiger partial charge on any atom is 0.254 e. The molecule has 0 bridgehead atoms. The topological polar surface area (TPSA) is 42.4 Å². The van der Waals surface area contributed by atoms with E-state index >= 15 is 0 Å². The van der Waals surface area contributed by atoms with Crippen molar-refractivity contribution in [2.24, 2.45) is 0 Å². The van der Waals surface area contributed by atoms with Crippen LogP contribution in [0.1, 0.15) is 45.5 Å². The summed E-state index contributed by atoms with van der Waals surface area (Å²) >= 11 is 1.57. The van der Waals surface area contributed by atoms with E-state index in [0.717, 1.165) is 34.0 Å². The van der Waals surface area contributed by atoms with Crippen molar-refractivity contribution >= 4 is 17.2 Å². The molecule has 1 amide bonds. The van der Waals surface area contributed by atoms with Crippen molar-refractivity contribution in [3.63, 3.8) is 0 Å². The molecule has 4 nitrogen and oxygen atoms in total. The minimum absolute atomic E-state index is 0.0485. The molecule has 0 aliphatic rings. The predicted molar refractivity (Wildman–Crippen MR) is 114 cm³/mol. The summed E-state index contributed by atoms with van der Waals surface area (Å²) in [6.07, 6.45) is 0.908. The summed E-state index contributed by atoms with van der Waals surface area (Å²) in [5.74, 6) is 0.895. The predicted octanol–water partition coefficient (Wildman–Crippen LogP) is 5.39. The third-order valence-corrected chi connectivity index (χ3v) is 5.25. The first-order valence-corrected chi connectivity index (χ1v) is 10.4. The lowest BCUT2D eigenvalue weighted by Gasteiger charge is -2.21. The number of aromatic nitrogens is 1. The van der Waals surface area contributed by atoms with E-state index in [-0.39, 0.29) is 5.91 Å². The van der Waals surface area contributed by atoms with Gasteiger partial charge in [0.25, 0.3) is 5.91 Å². The fraction of sp³-hybridized carbons (Fsp3) is 0.304. The lowest BCUT2D eigenvalue weighted by Crippen LogP contribution is -2.31. The zero-order chi connectivity index (χ0) is 19.9. The summed E-state index contributed by atoms with van der Waals surface area (Å²) in [5.41, 5.74) is 3.94. The Hall–Kier alpha value is -2.66. The number of rotatable bonds is 8. The minimum Gasteiger partial charge on any atom is -0.486 e. The number of ether oxygens (including phenoxy) is 1. The monoisotopic (exact) mass is 394 g/mol. The van der Waals surface area contributed by atoms with Gasteiger partial charge in [0.15, 0.2) is 0 Å². The van der Waals surface area contributed by atoms with Crippen molar-refractivity contribution in [3.8, 4) is 5.75 Å². The molecule has 28 heavy (non-hydrogen) atoms. The molecule has 0 saturated heterocycles. The van der Waals surface area contributed by atoms with Crippen LogP contribution in [0.3, 0.4) is 0 Å². The standard InChI is InChI=1S/C23H26N2O2S/c1-4-12-25(23(26)19-10-8-17(2)9-11-19)14-20-16-28-22(24-20)15-27-21-7-5-6-18(3)13-21/h5-11,13,16H,4,12,14-15H2,1-3H3. The lowest BCUT2D eigenvalue weighted by atomic mass is 10.1. The summed E-state index contributed by atoms with van der Waals surface area (Å²) in [7, 11) is 0. The Labute approximate surface area is 170 Å². The second-order valence-electron chi connectivity index (χ2n) is 6.93. The van der Waals surface area contributed by atoms with Crippen LogP contribution in [0.5, 0.6) is 5.75 Å². The van der Waals surface area contributed by atoms with Gasteiger partial charge in [0.05, 0.1) is 12.2 Å². The fourth-order valence-electron chi connectivity index (χ4n) is 2.93. The average molecular weight is 395 g/mol. The number of carbonyl (C=O) groups excluding carboxylic acids is 1. The van der Waals surface area contributed by atoms with Crippen molar-refractivity contribution in [1.29, 1.82) is 0 Å². The molecule has 0 N–H and O–H groups in total. The van der Waals surface area contributed by atoms with Crippen LogP contribution in [0.25, 0.3) is 0 Å². The van der Waals surface area contributed by atoms with E-state index in [9.17, 15) is 4.79 Å². The van der Waals surface area contributed by atoms with Gasteiger partial charge in [-0.25, -0.2) is 4.98 Å². The number of amides is 1. The largest absolute Gasteiger partial charge is 0.486 e. The molecule has 0 fully saturated rings. The Balaban J connectivity index is 1.63. The fourth-order valence-corrected chi connectivity index (χ4v) is 3.63. The molecular weight excluding hydrogens is 368 g/mol. The SMILES string of the molecule is CCCN(Cc1csc(COc2cccc(C)c2)n1)C(=O)c1ccc(C)cc1. The van der Waals surface area contributed by atoms with Crippen LogP contribution in [0.15, 0.2) is 53.9 Å². The highest BCUT2D eigenvalue weighted by molar-refractivity contribution is 7.09. The van der Waals surface area contributed by atoms with E-state index in [1.807, 2.05) is 72.7 Å². The van der Waals surface area contributed by atoms with Crippen LogP contribution in [-0.4, -0.2) is 22.3 Å². The van der Waals surface area contributed by atoms with E-state index in [0.29, 0.717) is 19.7 Å². The molecular formula is C23H26N2O2S. The first kappa shape index (κ1) is 20.1. The number of thiazole rings is 1. The molecule has 0 unspecified atom stereocenters. The van der Waals surface area contributed by atoms with Gasteiger partial charge >= 0.3 is 0 Å². The molecule has 5 heteroatoms. The Kier molecular flexibility index (Phi) is 6.82. The second kappa shape index (κ2) is 9.51. The molecule has 3 rings (SSSR count). The van der Waals surface area contributed by atoms with E-state index in [4.69, 9.17) is 4.74 Å². The van der Waals surface area contributed by atoms with Crippen molar-refractivity contribution in [2.45, 2.75) is 40.3 Å². The van der Waals surface area contributed by atoms with Crippen LogP contribution >= 0.6 is 11.3 Å². The molecule has 0 spiro atoms. The first-order valence-electron chi connectivity index (χ1n) is 9.54. The summed E-state index contributed by atoms with van der Waals surface area (Å²) in [6.45, 7) is 7.81. The average Bonchev–Trinajstić information content (AvgIpc) is 3.14. The number of aryl methyl sites for hydroxylation is 2. The van der Waals surface area contributed by atoms with Gasteiger partial charge in [-0.2, -0.15) is 0 Å². The molecule has 0 saturated carbocycles. The van der Waals surface area contributed by atoms with E-state index in [1.165, 1.54) is 5.56 Å². The Bertz CT molecular complexity index is 918. The maximum atomic E-state index is 12.9. The van der Waals surface area contributed by atoms with Crippen LogP contribution in [0.2, 0.25) is 0 Å².